The molecule has 1 aromatic rings. The fourth-order valence-corrected chi connectivity index (χ4v) is 2.11. The van der Waals surface area contributed by atoms with Crippen molar-refractivity contribution in [3.8, 4) is 0 Å². The van der Waals surface area contributed by atoms with Gasteiger partial charge >= 0.3 is 0 Å². The van der Waals surface area contributed by atoms with E-state index in [4.69, 9.17) is 11.6 Å². The summed E-state index contributed by atoms with van der Waals surface area (Å²) in [6, 6.07) is 0.357. The molecular formula is C13H23ClN4. The number of halogens is 1. The van der Waals surface area contributed by atoms with E-state index in [9.17, 15) is 0 Å². The van der Waals surface area contributed by atoms with Crippen LogP contribution in [0.2, 0.25) is 5.15 Å². The molecule has 4 nitrogen and oxygen atoms in total. The summed E-state index contributed by atoms with van der Waals surface area (Å²) in [6.07, 6.45) is 2.57. The van der Waals surface area contributed by atoms with Crippen LogP contribution in [0, 0.1) is 0 Å². The van der Waals surface area contributed by atoms with Crippen LogP contribution in [-0.4, -0.2) is 41.5 Å². The summed E-state index contributed by atoms with van der Waals surface area (Å²) in [5.41, 5.74) is 0.996. The van der Waals surface area contributed by atoms with Crippen molar-refractivity contribution in [3.63, 3.8) is 0 Å². The summed E-state index contributed by atoms with van der Waals surface area (Å²) in [5, 5.41) is 3.97. The summed E-state index contributed by atoms with van der Waals surface area (Å²) < 4.78 is 0. The van der Waals surface area contributed by atoms with Gasteiger partial charge in [0.25, 0.3) is 0 Å². The average molecular weight is 271 g/mol. The van der Waals surface area contributed by atoms with Gasteiger partial charge in [-0.15, -0.1) is 0 Å². The Bertz CT molecular complexity index is 379. The van der Waals surface area contributed by atoms with Crippen molar-refractivity contribution >= 4 is 17.4 Å². The third-order valence-electron chi connectivity index (χ3n) is 2.81. The van der Waals surface area contributed by atoms with Crippen molar-refractivity contribution in [3.05, 3.63) is 17.0 Å². The Morgan fingerprint density at radius 1 is 1.28 bits per heavy atom. The second-order valence-corrected chi connectivity index (χ2v) is 5.58. The zero-order valence-electron chi connectivity index (χ0n) is 11.9. The Kier molecular flexibility index (Phi) is 5.82. The van der Waals surface area contributed by atoms with Gasteiger partial charge in [0.1, 0.15) is 17.3 Å². The molecule has 0 amide bonds. The second-order valence-electron chi connectivity index (χ2n) is 5.22. The van der Waals surface area contributed by atoms with Crippen LogP contribution in [0.1, 0.15) is 38.7 Å². The lowest BCUT2D eigenvalue weighted by molar-refractivity contribution is 0.390. The quantitative estimate of drug-likeness (QED) is 0.807. The Labute approximate surface area is 115 Å². The van der Waals surface area contributed by atoms with E-state index in [1.54, 1.807) is 0 Å². The maximum Gasteiger partial charge on any atom is 0.138 e. The van der Waals surface area contributed by atoms with Gasteiger partial charge in [0.05, 0.1) is 0 Å². The van der Waals surface area contributed by atoms with Crippen molar-refractivity contribution < 1.29 is 0 Å². The molecule has 18 heavy (non-hydrogen) atoms. The zero-order valence-corrected chi connectivity index (χ0v) is 12.6. The number of nitrogens with one attached hydrogen (secondary N) is 1. The smallest absolute Gasteiger partial charge is 0.138 e. The molecule has 0 radical (unpaired) electrons. The number of anilines is 1. The van der Waals surface area contributed by atoms with E-state index in [1.807, 2.05) is 0 Å². The summed E-state index contributed by atoms with van der Waals surface area (Å²) in [5.74, 6) is 1.17. The summed E-state index contributed by atoms with van der Waals surface area (Å²) >= 11 is 6.14. The fraction of sp³-hybridized carbons (Fsp3) is 0.692. The maximum atomic E-state index is 6.14. The Morgan fingerprint density at radius 2 is 1.94 bits per heavy atom. The molecule has 1 heterocycles. The minimum atomic E-state index is 0.308. The number of hydrogen-bond acceptors (Lipinski definition) is 4. The highest BCUT2D eigenvalue weighted by atomic mass is 35.5. The zero-order chi connectivity index (χ0) is 13.7. The first kappa shape index (κ1) is 15.2. The first-order valence-electron chi connectivity index (χ1n) is 6.33. The van der Waals surface area contributed by atoms with Crippen LogP contribution in [0.4, 0.5) is 5.82 Å². The van der Waals surface area contributed by atoms with Crippen molar-refractivity contribution in [2.45, 2.75) is 39.2 Å². The number of rotatable bonds is 6. The van der Waals surface area contributed by atoms with E-state index >= 15 is 0 Å². The molecule has 1 rings (SSSR count). The molecule has 0 saturated heterocycles. The molecule has 0 bridgehead atoms. The van der Waals surface area contributed by atoms with Gasteiger partial charge in [0.2, 0.25) is 0 Å². The molecule has 0 aliphatic rings. The molecule has 1 atom stereocenters. The first-order valence-corrected chi connectivity index (χ1v) is 6.71. The fourth-order valence-electron chi connectivity index (χ4n) is 1.76. The van der Waals surface area contributed by atoms with Crippen LogP contribution in [-0.2, 0) is 0 Å². The van der Waals surface area contributed by atoms with Crippen LogP contribution in [0.5, 0.6) is 0 Å². The molecule has 0 aliphatic heterocycles. The second kappa shape index (κ2) is 6.90. The van der Waals surface area contributed by atoms with Crippen molar-refractivity contribution in [2.75, 3.05) is 26.0 Å². The molecule has 0 fully saturated rings. The van der Waals surface area contributed by atoms with E-state index in [0.717, 1.165) is 24.3 Å². The van der Waals surface area contributed by atoms with Gasteiger partial charge in [0.15, 0.2) is 0 Å². The van der Waals surface area contributed by atoms with Crippen LogP contribution in [0.3, 0.4) is 0 Å². The first-order chi connectivity index (χ1) is 8.41. The van der Waals surface area contributed by atoms with Gasteiger partial charge in [-0.05, 0) is 39.9 Å². The lowest BCUT2D eigenvalue weighted by Gasteiger charge is -2.20. The number of nitrogens with zero attached hydrogens (tertiary/aromatic N) is 3. The van der Waals surface area contributed by atoms with E-state index in [-0.39, 0.29) is 0 Å². The molecule has 1 N–H and O–H groups in total. The van der Waals surface area contributed by atoms with E-state index in [2.05, 4.69) is 55.1 Å². The van der Waals surface area contributed by atoms with Gasteiger partial charge in [-0.1, -0.05) is 25.4 Å². The third-order valence-corrected chi connectivity index (χ3v) is 3.11. The largest absolute Gasteiger partial charge is 0.367 e. The molecule has 0 aliphatic carbocycles. The van der Waals surface area contributed by atoms with E-state index in [1.165, 1.54) is 6.33 Å². The van der Waals surface area contributed by atoms with Crippen LogP contribution < -0.4 is 5.32 Å². The van der Waals surface area contributed by atoms with Crippen molar-refractivity contribution in [1.29, 1.82) is 0 Å². The minimum Gasteiger partial charge on any atom is -0.367 e. The number of hydrogen-bond donors (Lipinski definition) is 1. The highest BCUT2D eigenvalue weighted by Crippen LogP contribution is 2.28. The average Bonchev–Trinajstić information content (AvgIpc) is 2.26. The topological polar surface area (TPSA) is 41.0 Å². The molecule has 1 aromatic heterocycles. The minimum absolute atomic E-state index is 0.308. The molecule has 102 valence electrons. The van der Waals surface area contributed by atoms with Crippen LogP contribution >= 0.6 is 11.6 Å². The summed E-state index contributed by atoms with van der Waals surface area (Å²) in [4.78, 5) is 10.5. The van der Waals surface area contributed by atoms with Gasteiger partial charge in [-0.25, -0.2) is 9.97 Å². The SMILES string of the molecule is CC(CCN(C)C)Nc1ncnc(Cl)c1C(C)C. The van der Waals surface area contributed by atoms with Gasteiger partial charge in [-0.3, -0.25) is 0 Å². The summed E-state index contributed by atoms with van der Waals surface area (Å²) in [7, 11) is 4.15. The standard InChI is InChI=1S/C13H23ClN4/c1-9(2)11-12(14)15-8-16-13(11)17-10(3)6-7-18(4)5/h8-10H,6-7H2,1-5H3,(H,15,16,17). The molecule has 0 saturated carbocycles. The monoisotopic (exact) mass is 270 g/mol. The Morgan fingerprint density at radius 3 is 2.50 bits per heavy atom. The third kappa shape index (κ3) is 4.42. The molecule has 5 heteroatoms. The maximum absolute atomic E-state index is 6.14. The molecular weight excluding hydrogens is 248 g/mol. The summed E-state index contributed by atoms with van der Waals surface area (Å²) in [6.45, 7) is 7.40. The highest BCUT2D eigenvalue weighted by Gasteiger charge is 2.15. The highest BCUT2D eigenvalue weighted by molar-refractivity contribution is 6.30. The molecule has 1 unspecified atom stereocenters. The van der Waals surface area contributed by atoms with Gasteiger partial charge in [-0.2, -0.15) is 0 Å². The number of aromatic nitrogens is 2. The lowest BCUT2D eigenvalue weighted by atomic mass is 10.1. The van der Waals surface area contributed by atoms with E-state index < -0.39 is 0 Å². The predicted molar refractivity (Wildman–Crippen MR) is 77.4 cm³/mol. The predicted octanol–water partition coefficient (Wildman–Crippen LogP) is 3.01. The lowest BCUT2D eigenvalue weighted by Crippen LogP contribution is -2.24. The Hall–Kier alpha value is -0.870. The van der Waals surface area contributed by atoms with Crippen molar-refractivity contribution in [1.82, 2.24) is 14.9 Å². The Balaban J connectivity index is 2.75. The van der Waals surface area contributed by atoms with Gasteiger partial charge < -0.3 is 10.2 Å². The normalized spacial score (nSPS) is 13.1. The van der Waals surface area contributed by atoms with E-state index in [0.29, 0.717) is 17.1 Å². The van der Waals surface area contributed by atoms with Crippen molar-refractivity contribution in [2.24, 2.45) is 0 Å². The van der Waals surface area contributed by atoms with Crippen LogP contribution in [0.15, 0.2) is 6.33 Å². The molecule has 0 aromatic carbocycles. The molecule has 0 spiro atoms. The van der Waals surface area contributed by atoms with Crippen LogP contribution in [0.25, 0.3) is 0 Å². The van der Waals surface area contributed by atoms with Gasteiger partial charge in [0, 0.05) is 11.6 Å².